The monoisotopic (exact) mass is 176 g/mol. The Morgan fingerprint density at radius 1 is 1.33 bits per heavy atom. The number of aliphatic hydroxyl groups excluding tert-OH is 1. The van der Waals surface area contributed by atoms with E-state index < -0.39 is 12.2 Å². The fourth-order valence-corrected chi connectivity index (χ4v) is 1.28. The van der Waals surface area contributed by atoms with E-state index >= 15 is 0 Å². The maximum Gasteiger partial charge on any atom is 0.294 e. The largest absolute Gasteiger partial charge is 0.506 e. The van der Waals surface area contributed by atoms with Crippen LogP contribution in [-0.2, 0) is 4.79 Å². The molecule has 0 radical (unpaired) electrons. The Kier molecular flexibility index (Phi) is 2.78. The van der Waals surface area contributed by atoms with Crippen LogP contribution in [0.5, 0.6) is 0 Å². The van der Waals surface area contributed by atoms with Crippen LogP contribution in [0, 0.1) is 0 Å². The number of hydrogen-bond acceptors (Lipinski definition) is 2. The molecular formula is C8H10F2O2. The number of halogens is 2. The molecule has 4 heteroatoms. The second kappa shape index (κ2) is 3.65. The molecule has 68 valence electrons. The molecule has 0 aromatic rings. The van der Waals surface area contributed by atoms with Gasteiger partial charge in [0.1, 0.15) is 0 Å². The van der Waals surface area contributed by atoms with Gasteiger partial charge in [-0.25, -0.2) is 8.78 Å². The van der Waals surface area contributed by atoms with Crippen molar-refractivity contribution in [1.82, 2.24) is 0 Å². The molecule has 12 heavy (non-hydrogen) atoms. The Bertz CT molecular complexity index is 221. The van der Waals surface area contributed by atoms with Crippen LogP contribution in [0.2, 0.25) is 0 Å². The SMILES string of the molecule is O=C1CCCCC1=C(O)C(F)F. The Balaban J connectivity index is 2.83. The predicted molar refractivity (Wildman–Crippen MR) is 39.1 cm³/mol. The summed E-state index contributed by atoms with van der Waals surface area (Å²) >= 11 is 0. The zero-order valence-electron chi connectivity index (χ0n) is 6.52. The molecule has 1 rings (SSSR count). The highest BCUT2D eigenvalue weighted by Gasteiger charge is 2.23. The van der Waals surface area contributed by atoms with Gasteiger partial charge in [0.2, 0.25) is 0 Å². The summed E-state index contributed by atoms with van der Waals surface area (Å²) in [6.07, 6.45) is -0.903. The van der Waals surface area contributed by atoms with Gasteiger partial charge in [0.05, 0.1) is 0 Å². The summed E-state index contributed by atoms with van der Waals surface area (Å²) in [7, 11) is 0. The Hall–Kier alpha value is -0.930. The van der Waals surface area contributed by atoms with Crippen molar-refractivity contribution in [2.75, 3.05) is 0 Å². The molecule has 1 aliphatic carbocycles. The summed E-state index contributed by atoms with van der Waals surface area (Å²) in [4.78, 5) is 11.0. The first kappa shape index (κ1) is 9.16. The number of Topliss-reactive ketones (excluding diaryl/α,β-unsaturated/α-hetero) is 1. The van der Waals surface area contributed by atoms with Gasteiger partial charge in [-0.2, -0.15) is 0 Å². The van der Waals surface area contributed by atoms with Crippen molar-refractivity contribution < 1.29 is 18.7 Å². The zero-order chi connectivity index (χ0) is 9.14. The van der Waals surface area contributed by atoms with Gasteiger partial charge >= 0.3 is 0 Å². The van der Waals surface area contributed by atoms with Crippen molar-refractivity contribution in [3.05, 3.63) is 11.3 Å². The molecular weight excluding hydrogens is 166 g/mol. The van der Waals surface area contributed by atoms with Gasteiger partial charge in [-0.05, 0) is 19.3 Å². The third-order valence-corrected chi connectivity index (χ3v) is 1.93. The quantitative estimate of drug-likeness (QED) is 0.491. The van der Waals surface area contributed by atoms with Gasteiger partial charge in [-0.15, -0.1) is 0 Å². The number of ketones is 1. The van der Waals surface area contributed by atoms with Gasteiger partial charge in [0, 0.05) is 12.0 Å². The highest BCUT2D eigenvalue weighted by atomic mass is 19.3. The lowest BCUT2D eigenvalue weighted by atomic mass is 9.93. The molecule has 0 spiro atoms. The highest BCUT2D eigenvalue weighted by molar-refractivity contribution is 5.96. The molecule has 1 saturated carbocycles. The smallest absolute Gasteiger partial charge is 0.294 e. The van der Waals surface area contributed by atoms with Crippen LogP contribution < -0.4 is 0 Å². The van der Waals surface area contributed by atoms with Gasteiger partial charge in [-0.3, -0.25) is 4.79 Å². The number of alkyl halides is 2. The minimum atomic E-state index is -2.91. The van der Waals surface area contributed by atoms with Crippen LogP contribution in [0.15, 0.2) is 11.3 Å². The molecule has 2 nitrogen and oxygen atoms in total. The van der Waals surface area contributed by atoms with Gasteiger partial charge in [-0.1, -0.05) is 0 Å². The predicted octanol–water partition coefficient (Wildman–Crippen LogP) is 2.21. The first-order valence-electron chi connectivity index (χ1n) is 3.86. The maximum absolute atomic E-state index is 11.9. The first-order valence-corrected chi connectivity index (χ1v) is 3.86. The van der Waals surface area contributed by atoms with E-state index in [1.807, 2.05) is 0 Å². The van der Waals surface area contributed by atoms with E-state index in [-0.39, 0.29) is 24.2 Å². The number of aliphatic hydroxyl groups is 1. The van der Waals surface area contributed by atoms with E-state index in [0.29, 0.717) is 6.42 Å². The van der Waals surface area contributed by atoms with Gasteiger partial charge in [0.25, 0.3) is 6.43 Å². The average Bonchev–Trinajstić information content (AvgIpc) is 2.04. The van der Waals surface area contributed by atoms with Crippen LogP contribution in [0.4, 0.5) is 8.78 Å². The van der Waals surface area contributed by atoms with Crippen LogP contribution in [0.25, 0.3) is 0 Å². The lowest BCUT2D eigenvalue weighted by Crippen LogP contribution is -2.14. The van der Waals surface area contributed by atoms with Crippen molar-refractivity contribution in [2.45, 2.75) is 32.1 Å². The molecule has 0 aromatic heterocycles. The Labute approximate surface area is 68.9 Å². The molecule has 0 unspecified atom stereocenters. The lowest BCUT2D eigenvalue weighted by molar-refractivity contribution is -0.116. The molecule has 0 atom stereocenters. The summed E-state index contributed by atoms with van der Waals surface area (Å²) < 4.78 is 23.9. The van der Waals surface area contributed by atoms with Crippen molar-refractivity contribution in [1.29, 1.82) is 0 Å². The lowest BCUT2D eigenvalue weighted by Gasteiger charge is -2.13. The number of allylic oxidation sites excluding steroid dienone is 2. The third kappa shape index (κ3) is 1.81. The topological polar surface area (TPSA) is 37.3 Å². The molecule has 0 bridgehead atoms. The summed E-state index contributed by atoms with van der Waals surface area (Å²) in [5.41, 5.74) is -0.0729. The van der Waals surface area contributed by atoms with Crippen molar-refractivity contribution in [3.8, 4) is 0 Å². The molecule has 0 aromatic carbocycles. The average molecular weight is 176 g/mol. The van der Waals surface area contributed by atoms with Crippen LogP contribution in [0.3, 0.4) is 0 Å². The second-order valence-electron chi connectivity index (χ2n) is 2.79. The molecule has 0 aliphatic heterocycles. The standard InChI is InChI=1S/C8H10F2O2/c9-8(10)7(12)5-3-1-2-4-6(5)11/h8,12H,1-4H2. The summed E-state index contributed by atoms with van der Waals surface area (Å²) in [5.74, 6) is -1.36. The van der Waals surface area contributed by atoms with Crippen LogP contribution in [-0.4, -0.2) is 17.3 Å². The molecule has 1 N–H and O–H groups in total. The summed E-state index contributed by atoms with van der Waals surface area (Å²) in [6, 6.07) is 0. The van der Waals surface area contributed by atoms with Gasteiger partial charge < -0.3 is 5.11 Å². The minimum Gasteiger partial charge on any atom is -0.506 e. The normalized spacial score (nSPS) is 23.1. The van der Waals surface area contributed by atoms with E-state index in [0.717, 1.165) is 6.42 Å². The second-order valence-corrected chi connectivity index (χ2v) is 2.79. The molecule has 1 aliphatic rings. The van der Waals surface area contributed by atoms with E-state index in [9.17, 15) is 13.6 Å². The van der Waals surface area contributed by atoms with Crippen molar-refractivity contribution in [2.24, 2.45) is 0 Å². The Morgan fingerprint density at radius 3 is 2.42 bits per heavy atom. The van der Waals surface area contributed by atoms with E-state index in [4.69, 9.17) is 5.11 Å². The summed E-state index contributed by atoms with van der Waals surface area (Å²) in [5, 5.41) is 8.83. The Morgan fingerprint density at radius 2 is 1.92 bits per heavy atom. The van der Waals surface area contributed by atoms with Crippen molar-refractivity contribution >= 4 is 5.78 Å². The van der Waals surface area contributed by atoms with E-state index in [2.05, 4.69) is 0 Å². The number of carbonyl (C=O) groups excluding carboxylic acids is 1. The number of rotatable bonds is 1. The first-order chi connectivity index (χ1) is 5.63. The fraction of sp³-hybridized carbons (Fsp3) is 0.625. The highest BCUT2D eigenvalue weighted by Crippen LogP contribution is 2.24. The molecule has 1 fully saturated rings. The van der Waals surface area contributed by atoms with Crippen LogP contribution >= 0.6 is 0 Å². The van der Waals surface area contributed by atoms with Crippen LogP contribution in [0.1, 0.15) is 25.7 Å². The van der Waals surface area contributed by atoms with Crippen molar-refractivity contribution in [3.63, 3.8) is 0 Å². The molecule has 0 heterocycles. The maximum atomic E-state index is 11.9. The number of hydrogen-bond donors (Lipinski definition) is 1. The van der Waals surface area contributed by atoms with E-state index in [1.165, 1.54) is 0 Å². The van der Waals surface area contributed by atoms with E-state index in [1.54, 1.807) is 0 Å². The molecule has 0 saturated heterocycles. The fourth-order valence-electron chi connectivity index (χ4n) is 1.28. The summed E-state index contributed by atoms with van der Waals surface area (Å²) in [6.45, 7) is 0. The minimum absolute atomic E-state index is 0.0729. The molecule has 0 amide bonds. The van der Waals surface area contributed by atoms with Gasteiger partial charge in [0.15, 0.2) is 11.5 Å². The zero-order valence-corrected chi connectivity index (χ0v) is 6.52. The third-order valence-electron chi connectivity index (χ3n) is 1.93. The number of carbonyl (C=O) groups is 1.